The average molecular weight is 234 g/mol. The maximum absolute atomic E-state index is 8.78. The Morgan fingerprint density at radius 1 is 1.29 bits per heavy atom. The first-order valence-electron chi connectivity index (χ1n) is 5.62. The van der Waals surface area contributed by atoms with Gasteiger partial charge in [-0.2, -0.15) is 5.26 Å². The molecule has 4 nitrogen and oxygen atoms in total. The van der Waals surface area contributed by atoms with Gasteiger partial charge in [-0.1, -0.05) is 0 Å². The van der Waals surface area contributed by atoms with Crippen molar-refractivity contribution in [3.05, 3.63) is 23.8 Å². The Morgan fingerprint density at radius 3 is 2.76 bits per heavy atom. The number of ether oxygens (including phenoxy) is 2. The van der Waals surface area contributed by atoms with Crippen molar-refractivity contribution in [1.29, 1.82) is 5.26 Å². The summed E-state index contributed by atoms with van der Waals surface area (Å²) in [5, 5.41) is 12.1. The molecule has 1 rings (SSSR count). The van der Waals surface area contributed by atoms with Crippen LogP contribution in [-0.2, 0) is 4.74 Å². The number of hydrogen-bond acceptors (Lipinski definition) is 4. The van der Waals surface area contributed by atoms with Gasteiger partial charge in [-0.25, -0.2) is 0 Å². The maximum Gasteiger partial charge on any atom is 0.143 e. The van der Waals surface area contributed by atoms with Crippen molar-refractivity contribution in [2.75, 3.05) is 32.7 Å². The van der Waals surface area contributed by atoms with Crippen LogP contribution in [0.2, 0.25) is 0 Å². The summed E-state index contributed by atoms with van der Waals surface area (Å²) >= 11 is 0. The number of nitrogens with zero attached hydrogens (tertiary/aromatic N) is 1. The van der Waals surface area contributed by atoms with E-state index < -0.39 is 0 Å². The summed E-state index contributed by atoms with van der Waals surface area (Å²) in [7, 11) is 3.31. The van der Waals surface area contributed by atoms with Crippen LogP contribution in [-0.4, -0.2) is 27.4 Å². The second-order valence-corrected chi connectivity index (χ2v) is 3.65. The SMILES string of the molecule is COCCCCNc1ccc(C#N)cc1OC. The second-order valence-electron chi connectivity index (χ2n) is 3.65. The van der Waals surface area contributed by atoms with Crippen LogP contribution in [0, 0.1) is 11.3 Å². The Labute approximate surface area is 102 Å². The van der Waals surface area contributed by atoms with Crippen LogP contribution in [0.15, 0.2) is 18.2 Å². The predicted molar refractivity (Wildman–Crippen MR) is 67.3 cm³/mol. The van der Waals surface area contributed by atoms with Crippen molar-refractivity contribution in [3.63, 3.8) is 0 Å². The highest BCUT2D eigenvalue weighted by Gasteiger charge is 2.03. The summed E-state index contributed by atoms with van der Waals surface area (Å²) in [5.74, 6) is 0.704. The van der Waals surface area contributed by atoms with E-state index in [9.17, 15) is 0 Å². The fraction of sp³-hybridized carbons (Fsp3) is 0.462. The highest BCUT2D eigenvalue weighted by Crippen LogP contribution is 2.25. The second kappa shape index (κ2) is 7.53. The lowest BCUT2D eigenvalue weighted by Crippen LogP contribution is -2.04. The van der Waals surface area contributed by atoms with Crippen molar-refractivity contribution < 1.29 is 9.47 Å². The zero-order chi connectivity index (χ0) is 12.5. The average Bonchev–Trinajstić information content (AvgIpc) is 2.38. The molecular formula is C13H18N2O2. The van der Waals surface area contributed by atoms with Crippen LogP contribution in [0.5, 0.6) is 5.75 Å². The van der Waals surface area contributed by atoms with Crippen molar-refractivity contribution in [2.45, 2.75) is 12.8 Å². The molecule has 4 heteroatoms. The van der Waals surface area contributed by atoms with E-state index in [1.54, 1.807) is 26.4 Å². The van der Waals surface area contributed by atoms with E-state index in [1.807, 2.05) is 6.07 Å². The van der Waals surface area contributed by atoms with Crippen LogP contribution < -0.4 is 10.1 Å². The minimum absolute atomic E-state index is 0.604. The summed E-state index contributed by atoms with van der Waals surface area (Å²) in [5.41, 5.74) is 1.52. The third kappa shape index (κ3) is 4.33. The summed E-state index contributed by atoms with van der Waals surface area (Å²) in [4.78, 5) is 0. The molecule has 0 aliphatic rings. The Bertz CT molecular complexity index is 385. The number of anilines is 1. The first kappa shape index (κ1) is 13.3. The van der Waals surface area contributed by atoms with Crippen LogP contribution in [0.1, 0.15) is 18.4 Å². The zero-order valence-electron chi connectivity index (χ0n) is 10.3. The van der Waals surface area contributed by atoms with Gasteiger partial charge < -0.3 is 14.8 Å². The normalized spacial score (nSPS) is 9.71. The molecule has 0 aliphatic carbocycles. The Morgan fingerprint density at radius 2 is 2.12 bits per heavy atom. The molecule has 1 N–H and O–H groups in total. The molecule has 0 aliphatic heterocycles. The van der Waals surface area contributed by atoms with Gasteiger partial charge in [0.25, 0.3) is 0 Å². The summed E-state index contributed by atoms with van der Waals surface area (Å²) < 4.78 is 10.2. The molecule has 0 saturated carbocycles. The Kier molecular flexibility index (Phi) is 5.91. The van der Waals surface area contributed by atoms with Crippen molar-refractivity contribution in [2.24, 2.45) is 0 Å². The van der Waals surface area contributed by atoms with Crippen LogP contribution in [0.25, 0.3) is 0 Å². The van der Waals surface area contributed by atoms with Gasteiger partial charge in [-0.05, 0) is 25.0 Å². The molecule has 0 spiro atoms. The largest absolute Gasteiger partial charge is 0.495 e. The van der Waals surface area contributed by atoms with E-state index in [1.165, 1.54) is 0 Å². The molecule has 92 valence electrons. The number of nitriles is 1. The fourth-order valence-electron chi connectivity index (χ4n) is 1.50. The van der Waals surface area contributed by atoms with Crippen LogP contribution in [0.3, 0.4) is 0 Å². The van der Waals surface area contributed by atoms with E-state index >= 15 is 0 Å². The summed E-state index contributed by atoms with van der Waals surface area (Å²) in [6.07, 6.45) is 2.07. The molecule has 0 unspecified atom stereocenters. The van der Waals surface area contributed by atoms with Crippen LogP contribution >= 0.6 is 0 Å². The Hall–Kier alpha value is -1.73. The number of benzene rings is 1. The topological polar surface area (TPSA) is 54.3 Å². The van der Waals surface area contributed by atoms with Gasteiger partial charge in [0.05, 0.1) is 24.4 Å². The Balaban J connectivity index is 2.50. The lowest BCUT2D eigenvalue weighted by Gasteiger charge is -2.11. The minimum Gasteiger partial charge on any atom is -0.495 e. The third-order valence-corrected chi connectivity index (χ3v) is 2.42. The van der Waals surface area contributed by atoms with E-state index in [-0.39, 0.29) is 0 Å². The molecule has 0 heterocycles. The molecule has 0 bridgehead atoms. The zero-order valence-corrected chi connectivity index (χ0v) is 10.3. The maximum atomic E-state index is 8.78. The molecule has 1 aromatic rings. The monoisotopic (exact) mass is 234 g/mol. The van der Waals surface area contributed by atoms with Gasteiger partial charge in [-0.15, -0.1) is 0 Å². The molecule has 0 amide bonds. The quantitative estimate of drug-likeness (QED) is 0.736. The lowest BCUT2D eigenvalue weighted by molar-refractivity contribution is 0.194. The molecule has 17 heavy (non-hydrogen) atoms. The number of hydrogen-bond donors (Lipinski definition) is 1. The molecule has 0 atom stereocenters. The minimum atomic E-state index is 0.604. The molecular weight excluding hydrogens is 216 g/mol. The van der Waals surface area contributed by atoms with Gasteiger partial charge in [-0.3, -0.25) is 0 Å². The lowest BCUT2D eigenvalue weighted by atomic mass is 10.2. The number of nitrogens with one attached hydrogen (secondary N) is 1. The number of methoxy groups -OCH3 is 2. The van der Waals surface area contributed by atoms with Crippen LogP contribution in [0.4, 0.5) is 5.69 Å². The van der Waals surface area contributed by atoms with Gasteiger partial charge in [0.15, 0.2) is 0 Å². The summed E-state index contributed by atoms with van der Waals surface area (Å²) in [6, 6.07) is 7.47. The van der Waals surface area contributed by atoms with Gasteiger partial charge in [0.2, 0.25) is 0 Å². The first-order valence-corrected chi connectivity index (χ1v) is 5.62. The van der Waals surface area contributed by atoms with E-state index in [0.717, 1.165) is 31.7 Å². The molecule has 1 aromatic carbocycles. The number of rotatable bonds is 7. The van der Waals surface area contributed by atoms with E-state index in [0.29, 0.717) is 11.3 Å². The molecule has 0 radical (unpaired) electrons. The highest BCUT2D eigenvalue weighted by atomic mass is 16.5. The van der Waals surface area contributed by atoms with Gasteiger partial charge in [0, 0.05) is 26.3 Å². The van der Waals surface area contributed by atoms with Crippen molar-refractivity contribution in [3.8, 4) is 11.8 Å². The summed E-state index contributed by atoms with van der Waals surface area (Å²) in [6.45, 7) is 1.65. The third-order valence-electron chi connectivity index (χ3n) is 2.42. The fourth-order valence-corrected chi connectivity index (χ4v) is 1.50. The molecule has 0 aromatic heterocycles. The van der Waals surface area contributed by atoms with E-state index in [4.69, 9.17) is 14.7 Å². The first-order chi connectivity index (χ1) is 8.31. The van der Waals surface area contributed by atoms with Crippen molar-refractivity contribution in [1.82, 2.24) is 0 Å². The predicted octanol–water partition coefficient (Wildman–Crippen LogP) is 2.41. The van der Waals surface area contributed by atoms with Crippen molar-refractivity contribution >= 4 is 5.69 Å². The van der Waals surface area contributed by atoms with Gasteiger partial charge in [0.1, 0.15) is 5.75 Å². The molecule has 0 fully saturated rings. The standard InChI is InChI=1S/C13H18N2O2/c1-16-8-4-3-7-15-12-6-5-11(10-14)9-13(12)17-2/h5-6,9,15H,3-4,7-8H2,1-2H3. The van der Waals surface area contributed by atoms with E-state index in [2.05, 4.69) is 11.4 Å². The highest BCUT2D eigenvalue weighted by molar-refractivity contribution is 5.59. The smallest absolute Gasteiger partial charge is 0.143 e. The van der Waals surface area contributed by atoms with Gasteiger partial charge >= 0.3 is 0 Å². The number of unbranched alkanes of at least 4 members (excludes halogenated alkanes) is 1. The molecule has 0 saturated heterocycles.